The normalized spacial score (nSPS) is 0. The molecule has 0 nitrogen and oxygen atoms in total. The molecule has 0 heterocycles. The summed E-state index contributed by atoms with van der Waals surface area (Å²) in [6.07, 6.45) is 0. The summed E-state index contributed by atoms with van der Waals surface area (Å²) in [5.41, 5.74) is 0. The van der Waals surface area contributed by atoms with E-state index < -0.39 is 0 Å². The Bertz CT molecular complexity index is 8.00. The zero-order valence-electron chi connectivity index (χ0n) is 2.23. The Kier molecular flexibility index (Phi) is 98.5. The van der Waals surface area contributed by atoms with Crippen molar-refractivity contribution in [2.24, 2.45) is 0 Å². The zero-order chi connectivity index (χ0) is 0. The van der Waals surface area contributed by atoms with E-state index in [-0.39, 0.29) is 115 Å². The summed E-state index contributed by atoms with van der Waals surface area (Å²) >= 11 is 0. The van der Waals surface area contributed by atoms with E-state index in [9.17, 15) is 0 Å². The van der Waals surface area contributed by atoms with Crippen molar-refractivity contribution in [3.63, 3.8) is 0 Å². The van der Waals surface area contributed by atoms with Crippen molar-refractivity contribution in [3.05, 3.63) is 0 Å². The van der Waals surface area contributed by atoms with Crippen LogP contribution in [0.2, 0.25) is 0 Å². The SMILES string of the molecule is [Ca].[V].[Y].[Zr]. The quantitative estimate of drug-likeness (QED) is 0.527. The largest absolute Gasteiger partial charge is 0 e. The van der Waals surface area contributed by atoms with Gasteiger partial charge in [0.1, 0.15) is 0 Å². The van der Waals surface area contributed by atoms with Crippen LogP contribution in [-0.2, 0) is 77.5 Å². The molecule has 0 N–H and O–H groups in total. The average Bonchev–Trinajstić information content (AvgIpc) is 0. The van der Waals surface area contributed by atoms with Gasteiger partial charge in [0, 0.05) is 115 Å². The summed E-state index contributed by atoms with van der Waals surface area (Å²) in [7, 11) is 0. The minimum absolute atomic E-state index is 0. The van der Waals surface area contributed by atoms with Gasteiger partial charge in [0.25, 0.3) is 0 Å². The summed E-state index contributed by atoms with van der Waals surface area (Å²) in [4.78, 5) is 0. The molecule has 0 unspecified atom stereocenters. The van der Waals surface area contributed by atoms with Gasteiger partial charge in [-0.1, -0.05) is 0 Å². The Labute approximate surface area is 112 Å². The van der Waals surface area contributed by atoms with Crippen LogP contribution in [0.15, 0.2) is 0 Å². The van der Waals surface area contributed by atoms with Crippen LogP contribution in [0.1, 0.15) is 0 Å². The molecule has 0 spiro atoms. The molecule has 4 heavy (non-hydrogen) atoms. The van der Waals surface area contributed by atoms with Crippen LogP contribution >= 0.6 is 0 Å². The maximum absolute atomic E-state index is 0. The van der Waals surface area contributed by atoms with Crippen LogP contribution in [0, 0.1) is 0 Å². The molecule has 4 heteroatoms. The van der Waals surface area contributed by atoms with Crippen molar-refractivity contribution in [1.29, 1.82) is 0 Å². The predicted octanol–water partition coefficient (Wildman–Crippen LogP) is -0.388. The molecule has 0 rings (SSSR count). The topological polar surface area (TPSA) is 0 Å². The van der Waals surface area contributed by atoms with Crippen LogP contribution in [-0.4, -0.2) is 37.7 Å². The van der Waals surface area contributed by atoms with Gasteiger partial charge < -0.3 is 0 Å². The van der Waals surface area contributed by atoms with Gasteiger partial charge in [0.05, 0.1) is 0 Å². The monoisotopic (exact) mass is 270 g/mol. The van der Waals surface area contributed by atoms with E-state index in [1.807, 2.05) is 0 Å². The van der Waals surface area contributed by atoms with Crippen molar-refractivity contribution in [2.45, 2.75) is 0 Å². The van der Waals surface area contributed by atoms with Crippen LogP contribution < -0.4 is 0 Å². The van der Waals surface area contributed by atoms with Crippen LogP contribution in [0.5, 0.6) is 0 Å². The molecule has 0 aliphatic rings. The van der Waals surface area contributed by atoms with Crippen LogP contribution in [0.3, 0.4) is 0 Å². The molecule has 0 saturated carbocycles. The third-order valence-electron chi connectivity index (χ3n) is 0. The Balaban J connectivity index is 0. The van der Waals surface area contributed by atoms with Gasteiger partial charge in [-0.3, -0.25) is 0 Å². The van der Waals surface area contributed by atoms with Crippen molar-refractivity contribution >= 4 is 37.7 Å². The molecule has 0 aliphatic carbocycles. The summed E-state index contributed by atoms with van der Waals surface area (Å²) in [6, 6.07) is 0. The Morgan fingerprint density at radius 1 is 1.00 bits per heavy atom. The Morgan fingerprint density at radius 3 is 1.00 bits per heavy atom. The summed E-state index contributed by atoms with van der Waals surface area (Å²) in [5, 5.41) is 0. The fourth-order valence-electron chi connectivity index (χ4n) is 0. The molecule has 0 amide bonds. The molecule has 0 aromatic heterocycles. The molecule has 0 fully saturated rings. The van der Waals surface area contributed by atoms with Gasteiger partial charge in [-0.05, 0) is 0 Å². The molecule has 14 valence electrons. The second kappa shape index (κ2) is 15.8. The van der Waals surface area contributed by atoms with Gasteiger partial charge in [-0.2, -0.15) is 0 Å². The zero-order valence-corrected chi connectivity index (χ0v) is 11.1. The molecule has 4 radical (unpaired) electrons. The van der Waals surface area contributed by atoms with Gasteiger partial charge in [0.2, 0.25) is 0 Å². The summed E-state index contributed by atoms with van der Waals surface area (Å²) < 4.78 is 0. The first kappa shape index (κ1) is 24.9. The molecule has 0 bridgehead atoms. The van der Waals surface area contributed by atoms with Gasteiger partial charge >= 0.3 is 0 Å². The molecule has 0 saturated heterocycles. The van der Waals surface area contributed by atoms with E-state index in [4.69, 9.17) is 0 Å². The van der Waals surface area contributed by atoms with Gasteiger partial charge in [-0.25, -0.2) is 0 Å². The van der Waals surface area contributed by atoms with E-state index in [1.54, 1.807) is 0 Å². The van der Waals surface area contributed by atoms with E-state index >= 15 is 0 Å². The van der Waals surface area contributed by atoms with Crippen molar-refractivity contribution < 1.29 is 77.5 Å². The van der Waals surface area contributed by atoms with Gasteiger partial charge in [0.15, 0.2) is 0 Å². The predicted molar refractivity (Wildman–Crippen MR) is 5.75 cm³/mol. The first-order chi connectivity index (χ1) is 0. The van der Waals surface area contributed by atoms with E-state index in [1.165, 1.54) is 0 Å². The first-order valence-electron chi connectivity index (χ1n) is 0. The molecule has 0 aromatic carbocycles. The minimum Gasteiger partial charge on any atom is 0 e. The smallest absolute Gasteiger partial charge is 0 e. The van der Waals surface area contributed by atoms with Crippen molar-refractivity contribution in [1.82, 2.24) is 0 Å². The number of hydrogen-bond donors (Lipinski definition) is 0. The van der Waals surface area contributed by atoms with Gasteiger partial charge in [-0.15, -0.1) is 0 Å². The summed E-state index contributed by atoms with van der Waals surface area (Å²) in [5.74, 6) is 0. The fraction of sp³-hybridized carbons (Fsp3) is 0. The van der Waals surface area contributed by atoms with E-state index in [0.29, 0.717) is 0 Å². The third-order valence-corrected chi connectivity index (χ3v) is 0. The molecule has 0 aliphatic heterocycles. The van der Waals surface area contributed by atoms with Crippen molar-refractivity contribution in [3.8, 4) is 0 Å². The second-order valence-electron chi connectivity index (χ2n) is 0. The molecular formula is CaVYZr. The first-order valence-corrected chi connectivity index (χ1v) is 0. The Morgan fingerprint density at radius 2 is 1.00 bits per heavy atom. The van der Waals surface area contributed by atoms with E-state index in [0.717, 1.165) is 0 Å². The third kappa shape index (κ3) is 9.27. The maximum atomic E-state index is 0. The van der Waals surface area contributed by atoms with Crippen molar-refractivity contribution in [2.75, 3.05) is 0 Å². The fourth-order valence-corrected chi connectivity index (χ4v) is 0. The van der Waals surface area contributed by atoms with Crippen LogP contribution in [0.4, 0.5) is 0 Å². The standard InChI is InChI=1S/Ca.V.Y.Zr. The second-order valence-corrected chi connectivity index (χ2v) is 0. The van der Waals surface area contributed by atoms with E-state index in [2.05, 4.69) is 0 Å². The average molecular weight is 271 g/mol. The van der Waals surface area contributed by atoms with Crippen LogP contribution in [0.25, 0.3) is 0 Å². The molecule has 0 aromatic rings. The number of hydrogen-bond acceptors (Lipinski definition) is 0. The minimum atomic E-state index is 0. The number of rotatable bonds is 0. The summed E-state index contributed by atoms with van der Waals surface area (Å²) in [6.45, 7) is 0. The Hall–Kier alpha value is 3.83. The maximum Gasteiger partial charge on any atom is 0 e. The molecule has 0 atom stereocenters. The molecular weight excluding hydrogens is 271 g/mol.